The molecule has 1 unspecified atom stereocenters. The number of rotatable bonds is 14. The van der Waals surface area contributed by atoms with Gasteiger partial charge in [-0.1, -0.05) is 85.1 Å². The number of hydrogen-bond acceptors (Lipinski definition) is 4. The van der Waals surface area contributed by atoms with Crippen LogP contribution >= 0.6 is 35.0 Å². The lowest BCUT2D eigenvalue weighted by molar-refractivity contribution is -0.139. The normalized spacial score (nSPS) is 11.6. The summed E-state index contributed by atoms with van der Waals surface area (Å²) in [5.41, 5.74) is 2.67. The molecule has 0 saturated heterocycles. The van der Waals surface area contributed by atoms with Crippen LogP contribution in [0.15, 0.2) is 72.8 Å². The molecule has 1 N–H and O–H groups in total. The molecular formula is C30H34Cl2N2O3S. The van der Waals surface area contributed by atoms with Crippen molar-refractivity contribution in [1.82, 2.24) is 10.2 Å². The topological polar surface area (TPSA) is 58.6 Å². The molecule has 202 valence electrons. The summed E-state index contributed by atoms with van der Waals surface area (Å²) in [7, 11) is 1.61. The van der Waals surface area contributed by atoms with E-state index in [9.17, 15) is 9.59 Å². The second-order valence-corrected chi connectivity index (χ2v) is 10.7. The lowest BCUT2D eigenvalue weighted by atomic mass is 10.0. The van der Waals surface area contributed by atoms with Crippen LogP contribution in [0.2, 0.25) is 10.0 Å². The predicted molar refractivity (Wildman–Crippen MR) is 158 cm³/mol. The average Bonchev–Trinajstić information content (AvgIpc) is 2.93. The Kier molecular flexibility index (Phi) is 12.3. The van der Waals surface area contributed by atoms with Gasteiger partial charge in [-0.3, -0.25) is 9.59 Å². The SMILES string of the molecule is CCCCNC(=O)C(Cc1ccccc1)N(Cc1cccc(OC)c1)C(=O)CSCc1c(Cl)cccc1Cl. The highest BCUT2D eigenvalue weighted by Gasteiger charge is 2.30. The summed E-state index contributed by atoms with van der Waals surface area (Å²) in [5.74, 6) is 1.08. The summed E-state index contributed by atoms with van der Waals surface area (Å²) in [6, 6.07) is 22.1. The van der Waals surface area contributed by atoms with E-state index in [1.165, 1.54) is 11.8 Å². The second kappa shape index (κ2) is 15.7. The molecule has 0 aliphatic rings. The maximum atomic E-state index is 13.8. The third-order valence-corrected chi connectivity index (χ3v) is 7.77. The van der Waals surface area contributed by atoms with Crippen molar-refractivity contribution >= 4 is 46.8 Å². The number of nitrogens with zero attached hydrogens (tertiary/aromatic N) is 1. The molecule has 0 aliphatic carbocycles. The molecule has 38 heavy (non-hydrogen) atoms. The number of halogens is 2. The monoisotopic (exact) mass is 572 g/mol. The Labute approximate surface area is 239 Å². The Bertz CT molecular complexity index is 1170. The van der Waals surface area contributed by atoms with E-state index in [1.54, 1.807) is 30.2 Å². The number of methoxy groups -OCH3 is 1. The van der Waals surface area contributed by atoms with Gasteiger partial charge in [-0.2, -0.15) is 0 Å². The number of nitrogens with one attached hydrogen (secondary N) is 1. The zero-order valence-corrected chi connectivity index (χ0v) is 24.1. The van der Waals surface area contributed by atoms with Crippen molar-refractivity contribution < 1.29 is 14.3 Å². The number of hydrogen-bond donors (Lipinski definition) is 1. The molecule has 3 rings (SSSR count). The summed E-state index contributed by atoms with van der Waals surface area (Å²) in [6.45, 7) is 2.93. The van der Waals surface area contributed by atoms with E-state index < -0.39 is 6.04 Å². The highest BCUT2D eigenvalue weighted by molar-refractivity contribution is 7.99. The molecule has 0 radical (unpaired) electrons. The fraction of sp³-hybridized carbons (Fsp3) is 0.333. The first-order valence-electron chi connectivity index (χ1n) is 12.7. The summed E-state index contributed by atoms with van der Waals surface area (Å²) >= 11 is 14.1. The van der Waals surface area contributed by atoms with E-state index in [4.69, 9.17) is 27.9 Å². The van der Waals surface area contributed by atoms with Gasteiger partial charge in [-0.25, -0.2) is 0 Å². The van der Waals surface area contributed by atoms with E-state index >= 15 is 0 Å². The van der Waals surface area contributed by atoms with Crippen LogP contribution in [0.5, 0.6) is 5.75 Å². The van der Waals surface area contributed by atoms with Gasteiger partial charge in [-0.05, 0) is 47.4 Å². The van der Waals surface area contributed by atoms with Gasteiger partial charge in [0.05, 0.1) is 12.9 Å². The van der Waals surface area contributed by atoms with E-state index in [0.29, 0.717) is 34.5 Å². The maximum absolute atomic E-state index is 13.8. The van der Waals surface area contributed by atoms with Crippen molar-refractivity contribution in [3.63, 3.8) is 0 Å². The third kappa shape index (κ3) is 8.97. The Morgan fingerprint density at radius 1 is 0.974 bits per heavy atom. The van der Waals surface area contributed by atoms with Crippen molar-refractivity contribution in [2.45, 2.75) is 44.5 Å². The van der Waals surface area contributed by atoms with Crippen molar-refractivity contribution in [1.29, 1.82) is 0 Å². The van der Waals surface area contributed by atoms with Crippen LogP contribution in [0, 0.1) is 0 Å². The zero-order valence-electron chi connectivity index (χ0n) is 21.8. The predicted octanol–water partition coefficient (Wildman–Crippen LogP) is 6.79. The molecule has 0 fully saturated rings. The molecule has 0 spiro atoms. The third-order valence-electron chi connectivity index (χ3n) is 6.12. The summed E-state index contributed by atoms with van der Waals surface area (Å²) < 4.78 is 5.39. The van der Waals surface area contributed by atoms with Crippen LogP contribution in [-0.4, -0.2) is 42.2 Å². The molecule has 0 aliphatic heterocycles. The Morgan fingerprint density at radius 3 is 2.34 bits per heavy atom. The van der Waals surface area contributed by atoms with Crippen LogP contribution in [-0.2, 0) is 28.3 Å². The van der Waals surface area contributed by atoms with Gasteiger partial charge < -0.3 is 15.0 Å². The van der Waals surface area contributed by atoms with Crippen LogP contribution in [0.3, 0.4) is 0 Å². The lowest BCUT2D eigenvalue weighted by Crippen LogP contribution is -2.51. The van der Waals surface area contributed by atoms with E-state index in [2.05, 4.69) is 12.2 Å². The molecule has 3 aromatic rings. The first kappa shape index (κ1) is 29.9. The van der Waals surface area contributed by atoms with Gasteiger partial charge in [0.2, 0.25) is 11.8 Å². The van der Waals surface area contributed by atoms with Crippen molar-refractivity contribution in [2.75, 3.05) is 19.4 Å². The molecule has 0 saturated carbocycles. The van der Waals surface area contributed by atoms with Crippen LogP contribution in [0.25, 0.3) is 0 Å². The highest BCUT2D eigenvalue weighted by atomic mass is 35.5. The smallest absolute Gasteiger partial charge is 0.243 e. The number of amides is 2. The maximum Gasteiger partial charge on any atom is 0.243 e. The molecule has 8 heteroatoms. The highest BCUT2D eigenvalue weighted by Crippen LogP contribution is 2.29. The molecule has 0 heterocycles. The Hall–Kier alpha value is -2.67. The number of carbonyl (C=O) groups excluding carboxylic acids is 2. The average molecular weight is 574 g/mol. The molecule has 3 aromatic carbocycles. The molecule has 1 atom stereocenters. The Morgan fingerprint density at radius 2 is 1.66 bits per heavy atom. The molecule has 2 amide bonds. The fourth-order valence-corrected chi connectivity index (χ4v) is 5.67. The quantitative estimate of drug-likeness (QED) is 0.216. The van der Waals surface area contributed by atoms with Gasteiger partial charge in [-0.15, -0.1) is 11.8 Å². The molecule has 0 bridgehead atoms. The van der Waals surface area contributed by atoms with E-state index in [0.717, 1.165) is 29.5 Å². The number of carbonyl (C=O) groups is 2. The van der Waals surface area contributed by atoms with Gasteiger partial charge in [0.25, 0.3) is 0 Å². The largest absolute Gasteiger partial charge is 0.497 e. The zero-order chi connectivity index (χ0) is 27.3. The fourth-order valence-electron chi connectivity index (χ4n) is 4.02. The minimum atomic E-state index is -0.669. The molecule has 0 aromatic heterocycles. The first-order chi connectivity index (χ1) is 18.4. The minimum Gasteiger partial charge on any atom is -0.497 e. The van der Waals surface area contributed by atoms with Gasteiger partial charge in [0, 0.05) is 35.3 Å². The number of thioether (sulfide) groups is 1. The number of ether oxygens (including phenoxy) is 1. The van der Waals surface area contributed by atoms with Crippen molar-refractivity contribution in [3.05, 3.63) is 99.5 Å². The molecule has 5 nitrogen and oxygen atoms in total. The Balaban J connectivity index is 1.87. The summed E-state index contributed by atoms with van der Waals surface area (Å²) in [4.78, 5) is 28.9. The van der Waals surface area contributed by atoms with E-state index in [1.807, 2.05) is 54.6 Å². The lowest BCUT2D eigenvalue weighted by Gasteiger charge is -2.31. The summed E-state index contributed by atoms with van der Waals surface area (Å²) in [5, 5.41) is 4.19. The first-order valence-corrected chi connectivity index (χ1v) is 14.6. The van der Waals surface area contributed by atoms with Gasteiger partial charge in [0.15, 0.2) is 0 Å². The van der Waals surface area contributed by atoms with E-state index in [-0.39, 0.29) is 24.1 Å². The summed E-state index contributed by atoms with van der Waals surface area (Å²) in [6.07, 6.45) is 2.26. The van der Waals surface area contributed by atoms with Crippen LogP contribution in [0.4, 0.5) is 0 Å². The number of unbranched alkanes of at least 4 members (excludes halogenated alkanes) is 1. The number of benzene rings is 3. The van der Waals surface area contributed by atoms with Crippen LogP contribution in [0.1, 0.15) is 36.5 Å². The van der Waals surface area contributed by atoms with Crippen molar-refractivity contribution in [3.8, 4) is 5.75 Å². The van der Waals surface area contributed by atoms with Crippen molar-refractivity contribution in [2.24, 2.45) is 0 Å². The van der Waals surface area contributed by atoms with Gasteiger partial charge >= 0.3 is 0 Å². The van der Waals surface area contributed by atoms with Gasteiger partial charge in [0.1, 0.15) is 11.8 Å². The second-order valence-electron chi connectivity index (χ2n) is 8.92. The van der Waals surface area contributed by atoms with Crippen LogP contribution < -0.4 is 10.1 Å². The minimum absolute atomic E-state index is 0.132. The standard InChI is InChI=1S/C30H34Cl2N2O3S/c1-3-4-16-33-30(36)28(18-22-10-6-5-7-11-22)34(19-23-12-8-13-24(17-23)37-2)29(35)21-38-20-25-26(31)14-9-15-27(25)32/h5-15,17,28H,3-4,16,18-21H2,1-2H3,(H,33,36). The molecular weight excluding hydrogens is 539 g/mol.